The van der Waals surface area contributed by atoms with Crippen molar-refractivity contribution in [2.24, 2.45) is 0 Å². The van der Waals surface area contributed by atoms with Crippen molar-refractivity contribution in [1.29, 1.82) is 0 Å². The van der Waals surface area contributed by atoms with Crippen LogP contribution < -0.4 is 4.72 Å². The van der Waals surface area contributed by atoms with E-state index in [9.17, 15) is 13.2 Å². The van der Waals surface area contributed by atoms with Gasteiger partial charge >= 0.3 is 5.97 Å². The van der Waals surface area contributed by atoms with Gasteiger partial charge in [0, 0.05) is 5.02 Å². The highest BCUT2D eigenvalue weighted by atomic mass is 35.5. The molecule has 106 valence electrons. The zero-order valence-corrected chi connectivity index (χ0v) is 12.5. The maximum atomic E-state index is 12.2. The Morgan fingerprint density at radius 2 is 2.15 bits per heavy atom. The molecule has 0 atom stereocenters. The van der Waals surface area contributed by atoms with Gasteiger partial charge < -0.3 is 5.11 Å². The van der Waals surface area contributed by atoms with Crippen LogP contribution in [-0.2, 0) is 10.0 Å². The molecule has 0 spiro atoms. The molecule has 1 aromatic heterocycles. The van der Waals surface area contributed by atoms with Gasteiger partial charge in [0.1, 0.15) is 0 Å². The number of aryl methyl sites for hydroxylation is 1. The van der Waals surface area contributed by atoms with Gasteiger partial charge in [0.05, 0.1) is 11.2 Å². The van der Waals surface area contributed by atoms with Crippen molar-refractivity contribution < 1.29 is 18.3 Å². The van der Waals surface area contributed by atoms with Gasteiger partial charge in [-0.3, -0.25) is 4.72 Å². The molecule has 0 fully saturated rings. The molecule has 0 amide bonds. The van der Waals surface area contributed by atoms with Crippen LogP contribution in [0.3, 0.4) is 0 Å². The van der Waals surface area contributed by atoms with E-state index in [1.807, 2.05) is 0 Å². The molecule has 0 bridgehead atoms. The maximum Gasteiger partial charge on any atom is 0.356 e. The number of carbonyl (C=O) groups is 1. The van der Waals surface area contributed by atoms with Crippen molar-refractivity contribution >= 4 is 44.6 Å². The Hall–Kier alpha value is -1.64. The third-order valence-electron chi connectivity index (χ3n) is 2.41. The summed E-state index contributed by atoms with van der Waals surface area (Å²) in [7, 11) is -4.00. The van der Waals surface area contributed by atoms with E-state index in [2.05, 4.69) is 9.71 Å². The molecule has 0 unspecified atom stereocenters. The molecule has 2 N–H and O–H groups in total. The SMILES string of the molecule is Cc1cc(Cl)ccc1NS(=O)(=O)c1scnc1C(=O)O. The van der Waals surface area contributed by atoms with Gasteiger partial charge in [0.25, 0.3) is 10.0 Å². The lowest BCUT2D eigenvalue weighted by Crippen LogP contribution is -2.16. The number of aromatic nitrogens is 1. The van der Waals surface area contributed by atoms with E-state index in [4.69, 9.17) is 16.7 Å². The van der Waals surface area contributed by atoms with Crippen LogP contribution in [0.25, 0.3) is 0 Å². The van der Waals surface area contributed by atoms with E-state index in [-0.39, 0.29) is 4.21 Å². The van der Waals surface area contributed by atoms with Gasteiger partial charge in [-0.1, -0.05) is 11.6 Å². The van der Waals surface area contributed by atoms with Gasteiger partial charge in [-0.05, 0) is 30.7 Å². The minimum atomic E-state index is -4.00. The molecule has 0 saturated heterocycles. The quantitative estimate of drug-likeness (QED) is 0.897. The normalized spacial score (nSPS) is 11.3. The summed E-state index contributed by atoms with van der Waals surface area (Å²) >= 11 is 6.54. The molecule has 9 heteroatoms. The van der Waals surface area contributed by atoms with Crippen LogP contribution in [0.2, 0.25) is 5.02 Å². The average Bonchev–Trinajstić information content (AvgIpc) is 2.82. The number of thiazole rings is 1. The molecule has 0 saturated carbocycles. The van der Waals surface area contributed by atoms with Crippen molar-refractivity contribution in [1.82, 2.24) is 4.98 Å². The number of anilines is 1. The summed E-state index contributed by atoms with van der Waals surface area (Å²) < 4.78 is 26.4. The number of carboxylic acid groups (broad SMARTS) is 1. The number of rotatable bonds is 4. The molecule has 2 aromatic rings. The first-order chi connectivity index (χ1) is 9.31. The average molecular weight is 333 g/mol. The number of aromatic carboxylic acids is 1. The summed E-state index contributed by atoms with van der Waals surface area (Å²) in [4.78, 5) is 14.5. The molecular weight excluding hydrogens is 324 g/mol. The summed E-state index contributed by atoms with van der Waals surface area (Å²) in [5.74, 6) is -1.39. The first kappa shape index (κ1) is 14.8. The summed E-state index contributed by atoms with van der Waals surface area (Å²) in [5, 5.41) is 9.39. The minimum Gasteiger partial charge on any atom is -0.476 e. The van der Waals surface area contributed by atoms with Crippen LogP contribution in [0.1, 0.15) is 16.1 Å². The summed E-state index contributed by atoms with van der Waals surface area (Å²) in [6.45, 7) is 1.69. The third-order valence-corrected chi connectivity index (χ3v) is 5.38. The fourth-order valence-electron chi connectivity index (χ4n) is 1.50. The summed E-state index contributed by atoms with van der Waals surface area (Å²) in [6, 6.07) is 4.65. The standard InChI is InChI=1S/C11H9ClN2O4S2/c1-6-4-7(12)2-3-8(6)14-20(17,18)11-9(10(15)16)13-5-19-11/h2-5,14H,1H3,(H,15,16). The Bertz CT molecular complexity index is 770. The molecular formula is C11H9ClN2O4S2. The molecule has 2 rings (SSSR count). The summed E-state index contributed by atoms with van der Waals surface area (Å²) in [6.07, 6.45) is 0. The van der Waals surface area contributed by atoms with Gasteiger partial charge in [-0.15, -0.1) is 11.3 Å². The van der Waals surface area contributed by atoms with Crippen molar-refractivity contribution in [2.75, 3.05) is 4.72 Å². The lowest BCUT2D eigenvalue weighted by Gasteiger charge is -2.09. The number of hydrogen-bond acceptors (Lipinski definition) is 5. The van der Waals surface area contributed by atoms with E-state index in [0.29, 0.717) is 16.3 Å². The van der Waals surface area contributed by atoms with Crippen LogP contribution in [0, 0.1) is 6.92 Å². The molecule has 1 aromatic carbocycles. The predicted octanol–water partition coefficient (Wildman–Crippen LogP) is 2.60. The highest BCUT2D eigenvalue weighted by molar-refractivity contribution is 7.94. The second-order valence-electron chi connectivity index (χ2n) is 3.86. The van der Waals surface area contributed by atoms with Crippen LogP contribution in [-0.4, -0.2) is 24.5 Å². The van der Waals surface area contributed by atoms with Crippen molar-refractivity contribution in [2.45, 2.75) is 11.1 Å². The van der Waals surface area contributed by atoms with E-state index in [1.165, 1.54) is 17.6 Å². The third kappa shape index (κ3) is 2.92. The van der Waals surface area contributed by atoms with Crippen LogP contribution >= 0.6 is 22.9 Å². The number of nitrogens with zero attached hydrogens (tertiary/aromatic N) is 1. The monoisotopic (exact) mass is 332 g/mol. The summed E-state index contributed by atoms with van der Waals surface area (Å²) in [5.41, 5.74) is 1.64. The maximum absolute atomic E-state index is 12.2. The molecule has 1 heterocycles. The van der Waals surface area contributed by atoms with E-state index < -0.39 is 21.7 Å². The zero-order valence-electron chi connectivity index (χ0n) is 10.1. The molecule has 20 heavy (non-hydrogen) atoms. The molecule has 0 aliphatic rings. The van der Waals surface area contributed by atoms with Gasteiger partial charge in [0.2, 0.25) is 0 Å². The topological polar surface area (TPSA) is 96.4 Å². The van der Waals surface area contributed by atoms with E-state index in [0.717, 1.165) is 11.3 Å². The van der Waals surface area contributed by atoms with Gasteiger partial charge in [-0.25, -0.2) is 18.2 Å². The van der Waals surface area contributed by atoms with Gasteiger partial charge in [0.15, 0.2) is 9.90 Å². The molecule has 0 radical (unpaired) electrons. The van der Waals surface area contributed by atoms with Crippen LogP contribution in [0.15, 0.2) is 27.9 Å². The molecule has 0 aliphatic carbocycles. The van der Waals surface area contributed by atoms with E-state index in [1.54, 1.807) is 13.0 Å². The largest absolute Gasteiger partial charge is 0.476 e. The highest BCUT2D eigenvalue weighted by Gasteiger charge is 2.26. The number of benzene rings is 1. The fraction of sp³-hybridized carbons (Fsp3) is 0.0909. The van der Waals surface area contributed by atoms with Crippen molar-refractivity contribution in [3.05, 3.63) is 40.0 Å². The van der Waals surface area contributed by atoms with E-state index >= 15 is 0 Å². The number of hydrogen-bond donors (Lipinski definition) is 2. The Morgan fingerprint density at radius 1 is 1.45 bits per heavy atom. The minimum absolute atomic E-state index is 0.333. The highest BCUT2D eigenvalue weighted by Crippen LogP contribution is 2.26. The van der Waals surface area contributed by atoms with Crippen LogP contribution in [0.4, 0.5) is 5.69 Å². The predicted molar refractivity (Wildman–Crippen MR) is 76.1 cm³/mol. The number of halogens is 1. The lowest BCUT2D eigenvalue weighted by molar-refractivity contribution is 0.0687. The van der Waals surface area contributed by atoms with Crippen LogP contribution in [0.5, 0.6) is 0 Å². The Morgan fingerprint density at radius 3 is 2.75 bits per heavy atom. The second-order valence-corrected chi connectivity index (χ2v) is 7.03. The van der Waals surface area contributed by atoms with Crippen molar-refractivity contribution in [3.63, 3.8) is 0 Å². The Balaban J connectivity index is 2.41. The first-order valence-corrected chi connectivity index (χ1v) is 8.01. The smallest absolute Gasteiger partial charge is 0.356 e. The Kier molecular flexibility index (Phi) is 3.98. The first-order valence-electron chi connectivity index (χ1n) is 5.27. The molecule has 6 nitrogen and oxygen atoms in total. The number of carboxylic acids is 1. The second kappa shape index (κ2) is 5.39. The zero-order chi connectivity index (χ0) is 14.9. The van der Waals surface area contributed by atoms with Crippen molar-refractivity contribution in [3.8, 4) is 0 Å². The number of nitrogens with one attached hydrogen (secondary N) is 1. The number of sulfonamides is 1. The Labute approximate surface area is 124 Å². The fourth-order valence-corrected chi connectivity index (χ4v) is 4.00. The lowest BCUT2D eigenvalue weighted by atomic mass is 10.2. The molecule has 0 aliphatic heterocycles. The van der Waals surface area contributed by atoms with Gasteiger partial charge in [-0.2, -0.15) is 0 Å².